The maximum absolute atomic E-state index is 6.51. The van der Waals surface area contributed by atoms with Crippen molar-refractivity contribution in [3.8, 4) is 23.0 Å². The summed E-state index contributed by atoms with van der Waals surface area (Å²) in [5.74, 6) is 6.38. The van der Waals surface area contributed by atoms with E-state index >= 15 is 0 Å². The van der Waals surface area contributed by atoms with Gasteiger partial charge in [0.15, 0.2) is 0 Å². The van der Waals surface area contributed by atoms with Crippen LogP contribution in [0, 0.1) is 11.8 Å². The minimum atomic E-state index is 0.733. The molecule has 0 atom stereocenters. The first-order chi connectivity index (χ1) is 14.7. The molecule has 2 aromatic carbocycles. The van der Waals surface area contributed by atoms with Gasteiger partial charge in [-0.3, -0.25) is 4.90 Å². The van der Waals surface area contributed by atoms with E-state index in [0.717, 1.165) is 46.3 Å². The second-order valence-corrected chi connectivity index (χ2v) is 8.49. The summed E-state index contributed by atoms with van der Waals surface area (Å²) in [5.41, 5.74) is 5.38. The van der Waals surface area contributed by atoms with Crippen LogP contribution in [0.3, 0.4) is 0 Å². The van der Waals surface area contributed by atoms with E-state index in [-0.39, 0.29) is 0 Å². The molecule has 4 heteroatoms. The molecule has 0 unspecified atom stereocenters. The normalized spacial score (nSPS) is 13.8. The van der Waals surface area contributed by atoms with Gasteiger partial charge in [-0.1, -0.05) is 59.5 Å². The molecule has 0 N–H and O–H groups in total. The average molecular weight is 435 g/mol. The Kier molecular flexibility index (Phi) is 7.07. The number of halogens is 2. The quantitative estimate of drug-likeness (QED) is 0.418. The third-order valence-electron chi connectivity index (χ3n) is 5.41. The number of rotatable bonds is 5. The van der Waals surface area contributed by atoms with Crippen molar-refractivity contribution in [3.05, 3.63) is 87.7 Å². The van der Waals surface area contributed by atoms with Crippen LogP contribution in [0.4, 0.5) is 0 Å². The molecular formula is C26H24Cl2N2. The minimum Gasteiger partial charge on any atom is -0.299 e. The fourth-order valence-electron chi connectivity index (χ4n) is 3.70. The highest BCUT2D eigenvalue weighted by molar-refractivity contribution is 6.31. The van der Waals surface area contributed by atoms with E-state index in [0.29, 0.717) is 0 Å². The van der Waals surface area contributed by atoms with Gasteiger partial charge in [-0.05, 0) is 79.2 Å². The van der Waals surface area contributed by atoms with E-state index in [9.17, 15) is 0 Å². The summed E-state index contributed by atoms with van der Waals surface area (Å²) >= 11 is 12.5. The third-order valence-corrected chi connectivity index (χ3v) is 6.01. The molecule has 1 aromatic heterocycles. The maximum atomic E-state index is 6.51. The van der Waals surface area contributed by atoms with Gasteiger partial charge in [0.05, 0.1) is 0 Å². The Bertz CT molecular complexity index is 1040. The third kappa shape index (κ3) is 5.64. The molecule has 1 saturated heterocycles. The van der Waals surface area contributed by atoms with Crippen LogP contribution in [-0.2, 0) is 13.0 Å². The Morgan fingerprint density at radius 3 is 2.37 bits per heavy atom. The lowest BCUT2D eigenvalue weighted by Gasteiger charge is -2.16. The number of likely N-dealkylation sites (tertiary alicyclic amines) is 1. The first-order valence-corrected chi connectivity index (χ1v) is 11.1. The van der Waals surface area contributed by atoms with Crippen LogP contribution < -0.4 is 0 Å². The highest BCUT2D eigenvalue weighted by Gasteiger charge is 2.13. The number of nitrogens with zero attached hydrogens (tertiary/aromatic N) is 2. The molecule has 1 aliphatic heterocycles. The summed E-state index contributed by atoms with van der Waals surface area (Å²) in [5, 5.41) is 1.60. The average Bonchev–Trinajstić information content (AvgIpc) is 3.27. The molecule has 0 saturated carbocycles. The van der Waals surface area contributed by atoms with Gasteiger partial charge in [-0.15, -0.1) is 0 Å². The number of pyridine rings is 1. The van der Waals surface area contributed by atoms with Crippen LogP contribution in [0.25, 0.3) is 11.1 Å². The van der Waals surface area contributed by atoms with Crippen LogP contribution in [-0.4, -0.2) is 23.0 Å². The van der Waals surface area contributed by atoms with E-state index in [1.807, 2.05) is 42.6 Å². The van der Waals surface area contributed by atoms with Gasteiger partial charge in [0.2, 0.25) is 0 Å². The van der Waals surface area contributed by atoms with E-state index in [4.69, 9.17) is 23.2 Å². The van der Waals surface area contributed by atoms with Gasteiger partial charge in [-0.25, -0.2) is 4.98 Å². The minimum absolute atomic E-state index is 0.733. The van der Waals surface area contributed by atoms with Gasteiger partial charge in [0.25, 0.3) is 0 Å². The molecule has 0 radical (unpaired) electrons. The van der Waals surface area contributed by atoms with Crippen LogP contribution in [0.2, 0.25) is 10.0 Å². The molecule has 30 heavy (non-hydrogen) atoms. The molecule has 0 bridgehead atoms. The second kappa shape index (κ2) is 10.1. The lowest BCUT2D eigenvalue weighted by Crippen LogP contribution is -2.18. The molecule has 2 heterocycles. The summed E-state index contributed by atoms with van der Waals surface area (Å²) in [6, 6.07) is 18.2. The zero-order valence-corrected chi connectivity index (χ0v) is 18.4. The van der Waals surface area contributed by atoms with Gasteiger partial charge in [0.1, 0.15) is 5.69 Å². The van der Waals surface area contributed by atoms with Gasteiger partial charge in [-0.2, -0.15) is 0 Å². The number of hydrogen-bond donors (Lipinski definition) is 0. The van der Waals surface area contributed by atoms with Crippen molar-refractivity contribution in [2.45, 2.75) is 32.2 Å². The van der Waals surface area contributed by atoms with E-state index in [2.05, 4.69) is 39.9 Å². The first kappa shape index (κ1) is 20.9. The van der Waals surface area contributed by atoms with Crippen LogP contribution in [0.1, 0.15) is 36.1 Å². The Hall–Kier alpha value is -2.31. The van der Waals surface area contributed by atoms with Gasteiger partial charge < -0.3 is 0 Å². The van der Waals surface area contributed by atoms with Crippen molar-refractivity contribution < 1.29 is 0 Å². The predicted molar refractivity (Wildman–Crippen MR) is 126 cm³/mol. The van der Waals surface area contributed by atoms with Gasteiger partial charge >= 0.3 is 0 Å². The van der Waals surface area contributed by atoms with Crippen LogP contribution >= 0.6 is 23.2 Å². The lowest BCUT2D eigenvalue weighted by atomic mass is 10.1. The molecule has 2 nitrogen and oxygen atoms in total. The summed E-state index contributed by atoms with van der Waals surface area (Å²) < 4.78 is 0. The van der Waals surface area contributed by atoms with Crippen molar-refractivity contribution in [2.24, 2.45) is 0 Å². The van der Waals surface area contributed by atoms with Crippen molar-refractivity contribution >= 4 is 23.2 Å². The lowest BCUT2D eigenvalue weighted by molar-refractivity contribution is 0.331. The molecule has 4 rings (SSSR count). The predicted octanol–water partition coefficient (Wildman–Crippen LogP) is 6.64. The largest absolute Gasteiger partial charge is 0.299 e. The zero-order valence-electron chi connectivity index (χ0n) is 16.9. The Morgan fingerprint density at radius 1 is 0.900 bits per heavy atom. The molecule has 0 spiro atoms. The standard InChI is InChI=1S/C26H24Cl2N2/c27-24-12-9-21(10-13-24)22-11-14-25(29-18-22)6-2-1-5-20-7-8-23(26(28)17-20)19-30-15-3-4-16-30/h7-14,17-18H,1,3-5,15-16,19H2. The molecule has 0 amide bonds. The number of hydrogen-bond acceptors (Lipinski definition) is 2. The Balaban J connectivity index is 1.31. The summed E-state index contributed by atoms with van der Waals surface area (Å²) in [4.78, 5) is 6.93. The van der Waals surface area contributed by atoms with E-state index < -0.39 is 0 Å². The summed E-state index contributed by atoms with van der Waals surface area (Å²) in [6.45, 7) is 3.32. The summed E-state index contributed by atoms with van der Waals surface area (Å²) in [6.07, 6.45) is 6.12. The zero-order chi connectivity index (χ0) is 20.8. The van der Waals surface area contributed by atoms with Gasteiger partial charge in [0, 0.05) is 34.8 Å². The SMILES string of the molecule is Clc1ccc(-c2ccc(C#CCCc3ccc(CN4CCCC4)c(Cl)c3)nc2)cc1. The molecule has 3 aromatic rings. The Labute approximate surface area is 188 Å². The molecular weight excluding hydrogens is 411 g/mol. The molecule has 1 fully saturated rings. The number of aromatic nitrogens is 1. The monoisotopic (exact) mass is 434 g/mol. The summed E-state index contributed by atoms with van der Waals surface area (Å²) in [7, 11) is 0. The van der Waals surface area contributed by atoms with Crippen molar-refractivity contribution in [1.29, 1.82) is 0 Å². The number of aryl methyl sites for hydroxylation is 1. The van der Waals surface area contributed by atoms with Crippen molar-refractivity contribution in [1.82, 2.24) is 9.88 Å². The molecule has 0 aliphatic carbocycles. The molecule has 152 valence electrons. The topological polar surface area (TPSA) is 16.1 Å². The van der Waals surface area contributed by atoms with Crippen molar-refractivity contribution in [2.75, 3.05) is 13.1 Å². The van der Waals surface area contributed by atoms with Crippen LogP contribution in [0.5, 0.6) is 0 Å². The number of benzene rings is 2. The first-order valence-electron chi connectivity index (χ1n) is 10.4. The Morgan fingerprint density at radius 2 is 1.67 bits per heavy atom. The van der Waals surface area contributed by atoms with Crippen LogP contribution in [0.15, 0.2) is 60.8 Å². The highest BCUT2D eigenvalue weighted by Crippen LogP contribution is 2.23. The molecule has 1 aliphatic rings. The maximum Gasteiger partial charge on any atom is 0.113 e. The fourth-order valence-corrected chi connectivity index (χ4v) is 4.09. The second-order valence-electron chi connectivity index (χ2n) is 7.65. The van der Waals surface area contributed by atoms with Crippen molar-refractivity contribution in [3.63, 3.8) is 0 Å². The highest BCUT2D eigenvalue weighted by atomic mass is 35.5. The smallest absolute Gasteiger partial charge is 0.113 e. The fraction of sp³-hybridized carbons (Fsp3) is 0.269. The van der Waals surface area contributed by atoms with E-state index in [1.54, 1.807) is 0 Å². The van der Waals surface area contributed by atoms with E-state index in [1.165, 1.54) is 37.1 Å².